The van der Waals surface area contributed by atoms with Crippen LogP contribution in [0.3, 0.4) is 0 Å². The molecule has 2 aromatic rings. The molecule has 1 unspecified atom stereocenters. The molecule has 1 aliphatic rings. The van der Waals surface area contributed by atoms with Crippen molar-refractivity contribution in [3.8, 4) is 0 Å². The number of fused-ring (bicyclic) bond motifs is 1. The van der Waals surface area contributed by atoms with Crippen molar-refractivity contribution in [2.45, 2.75) is 32.8 Å². The Morgan fingerprint density at radius 1 is 1.42 bits per heavy atom. The van der Waals surface area contributed by atoms with Gasteiger partial charge in [0.15, 0.2) is 0 Å². The van der Waals surface area contributed by atoms with Crippen LogP contribution in [0.5, 0.6) is 0 Å². The van der Waals surface area contributed by atoms with Crippen LogP contribution in [0, 0.1) is 5.92 Å². The number of H-pyrrole nitrogens is 1. The fourth-order valence-electron chi connectivity index (χ4n) is 2.94. The molecule has 0 aliphatic carbocycles. The van der Waals surface area contributed by atoms with Gasteiger partial charge in [-0.05, 0) is 51.3 Å². The second kappa shape index (κ2) is 6.55. The van der Waals surface area contributed by atoms with Gasteiger partial charge >= 0.3 is 6.09 Å². The molecule has 1 aliphatic heterocycles. The molecule has 0 radical (unpaired) electrons. The number of ether oxygens (including phenoxy) is 1. The Morgan fingerprint density at radius 3 is 2.96 bits per heavy atom. The maximum absolute atomic E-state index is 12.1. The predicted molar refractivity (Wildman–Crippen MR) is 97.7 cm³/mol. The summed E-state index contributed by atoms with van der Waals surface area (Å²) in [6.07, 6.45) is 0.767. The normalized spacial score (nSPS) is 18.2. The Kier molecular flexibility index (Phi) is 4.63. The summed E-state index contributed by atoms with van der Waals surface area (Å²) in [7, 11) is 0. The molecule has 1 amide bonds. The molecular formula is C18H24ClN3O2. The molecule has 6 heteroatoms. The average Bonchev–Trinajstić information content (AvgIpc) is 3.09. The number of halogens is 1. The van der Waals surface area contributed by atoms with Crippen LogP contribution in [0.25, 0.3) is 10.9 Å². The van der Waals surface area contributed by atoms with Crippen molar-refractivity contribution in [2.24, 2.45) is 5.92 Å². The first-order valence-electron chi connectivity index (χ1n) is 8.30. The molecule has 1 saturated heterocycles. The number of rotatable bonds is 3. The number of likely N-dealkylation sites (tertiary alicyclic amines) is 1. The highest BCUT2D eigenvalue weighted by molar-refractivity contribution is 6.31. The van der Waals surface area contributed by atoms with E-state index in [1.165, 1.54) is 0 Å². The summed E-state index contributed by atoms with van der Waals surface area (Å²) in [5.41, 5.74) is 0.575. The number of anilines is 1. The number of nitrogens with zero attached hydrogens (tertiary/aromatic N) is 1. The molecule has 24 heavy (non-hydrogen) atoms. The largest absolute Gasteiger partial charge is 0.444 e. The van der Waals surface area contributed by atoms with Gasteiger partial charge in [0, 0.05) is 35.6 Å². The van der Waals surface area contributed by atoms with Crippen LogP contribution in [-0.4, -0.2) is 41.2 Å². The minimum absolute atomic E-state index is 0.217. The molecule has 1 fully saturated rings. The van der Waals surface area contributed by atoms with Crippen LogP contribution >= 0.6 is 11.6 Å². The summed E-state index contributed by atoms with van der Waals surface area (Å²) in [5.74, 6) is 1.40. The lowest BCUT2D eigenvalue weighted by atomic mass is 10.1. The molecule has 2 heterocycles. The maximum Gasteiger partial charge on any atom is 0.410 e. The number of hydrogen-bond donors (Lipinski definition) is 2. The van der Waals surface area contributed by atoms with Crippen LogP contribution in [0.1, 0.15) is 27.2 Å². The van der Waals surface area contributed by atoms with E-state index in [2.05, 4.69) is 16.4 Å². The predicted octanol–water partition coefficient (Wildman–Crippen LogP) is 4.49. The first-order chi connectivity index (χ1) is 11.3. The van der Waals surface area contributed by atoms with Crippen molar-refractivity contribution in [3.63, 3.8) is 0 Å². The number of amides is 1. The van der Waals surface area contributed by atoms with Crippen molar-refractivity contribution < 1.29 is 9.53 Å². The summed E-state index contributed by atoms with van der Waals surface area (Å²) in [5, 5.41) is 5.28. The summed E-state index contributed by atoms with van der Waals surface area (Å²) in [6, 6.07) is 7.88. The van der Waals surface area contributed by atoms with Crippen LogP contribution in [0.15, 0.2) is 24.3 Å². The molecule has 3 rings (SSSR count). The SMILES string of the molecule is CC(C)(C)OC(=O)N1CCC(CNc2cc3ccc(Cl)cc3[nH]2)C1. The van der Waals surface area contributed by atoms with E-state index in [0.717, 1.165) is 47.8 Å². The lowest BCUT2D eigenvalue weighted by Gasteiger charge is -2.24. The highest BCUT2D eigenvalue weighted by atomic mass is 35.5. The minimum atomic E-state index is -0.445. The van der Waals surface area contributed by atoms with Crippen LogP contribution in [0.4, 0.5) is 10.6 Å². The molecule has 1 aromatic carbocycles. The molecule has 5 nitrogen and oxygen atoms in total. The number of aromatic nitrogens is 1. The highest BCUT2D eigenvalue weighted by Crippen LogP contribution is 2.24. The van der Waals surface area contributed by atoms with Crippen LogP contribution < -0.4 is 5.32 Å². The fraction of sp³-hybridized carbons (Fsp3) is 0.500. The lowest BCUT2D eigenvalue weighted by Crippen LogP contribution is -2.35. The van der Waals surface area contributed by atoms with Gasteiger partial charge in [0.1, 0.15) is 11.4 Å². The smallest absolute Gasteiger partial charge is 0.410 e. The van der Waals surface area contributed by atoms with Gasteiger partial charge in [-0.3, -0.25) is 0 Å². The Morgan fingerprint density at radius 2 is 2.21 bits per heavy atom. The fourth-order valence-corrected chi connectivity index (χ4v) is 3.11. The Hall–Kier alpha value is -1.88. The van der Waals surface area contributed by atoms with Crippen LogP contribution in [0.2, 0.25) is 5.02 Å². The number of nitrogens with one attached hydrogen (secondary N) is 2. The van der Waals surface area contributed by atoms with E-state index in [9.17, 15) is 4.79 Å². The summed E-state index contributed by atoms with van der Waals surface area (Å²) in [6.45, 7) is 7.98. The van der Waals surface area contributed by atoms with E-state index in [1.54, 1.807) is 4.90 Å². The van der Waals surface area contributed by atoms with E-state index >= 15 is 0 Å². The van der Waals surface area contributed by atoms with Gasteiger partial charge in [-0.1, -0.05) is 17.7 Å². The summed E-state index contributed by atoms with van der Waals surface area (Å²) in [4.78, 5) is 17.2. The zero-order chi connectivity index (χ0) is 17.3. The second-order valence-corrected chi connectivity index (χ2v) is 7.81. The third-order valence-electron chi connectivity index (χ3n) is 4.10. The molecule has 130 valence electrons. The van der Waals surface area contributed by atoms with Gasteiger partial charge in [0.25, 0.3) is 0 Å². The molecule has 0 bridgehead atoms. The molecule has 0 spiro atoms. The number of carbonyl (C=O) groups excluding carboxylic acids is 1. The van der Waals surface area contributed by atoms with Crippen molar-refractivity contribution in [1.29, 1.82) is 0 Å². The van der Waals surface area contributed by atoms with E-state index in [-0.39, 0.29) is 6.09 Å². The standard InChI is InChI=1S/C18H24ClN3O2/c1-18(2,3)24-17(23)22-7-6-12(11-22)10-20-16-8-13-4-5-14(19)9-15(13)21-16/h4-5,8-9,12,20-21H,6-7,10-11H2,1-3H3. The molecule has 2 N–H and O–H groups in total. The lowest BCUT2D eigenvalue weighted by molar-refractivity contribution is 0.0289. The Labute approximate surface area is 147 Å². The van der Waals surface area contributed by atoms with Gasteiger partial charge in [0.05, 0.1) is 0 Å². The topological polar surface area (TPSA) is 57.4 Å². The first kappa shape index (κ1) is 17.0. The zero-order valence-electron chi connectivity index (χ0n) is 14.4. The minimum Gasteiger partial charge on any atom is -0.444 e. The number of aromatic amines is 1. The Balaban J connectivity index is 1.53. The Bertz CT molecular complexity index is 735. The van der Waals surface area contributed by atoms with E-state index in [0.29, 0.717) is 5.92 Å². The zero-order valence-corrected chi connectivity index (χ0v) is 15.1. The van der Waals surface area contributed by atoms with Crippen molar-refractivity contribution >= 4 is 34.4 Å². The number of benzene rings is 1. The number of hydrogen-bond acceptors (Lipinski definition) is 3. The van der Waals surface area contributed by atoms with Gasteiger partial charge in [-0.25, -0.2) is 4.79 Å². The monoisotopic (exact) mass is 349 g/mol. The van der Waals surface area contributed by atoms with Crippen LogP contribution in [-0.2, 0) is 4.74 Å². The second-order valence-electron chi connectivity index (χ2n) is 7.38. The highest BCUT2D eigenvalue weighted by Gasteiger charge is 2.29. The summed E-state index contributed by atoms with van der Waals surface area (Å²) >= 11 is 6.01. The van der Waals surface area contributed by atoms with Gasteiger partial charge in [0.2, 0.25) is 0 Å². The summed E-state index contributed by atoms with van der Waals surface area (Å²) < 4.78 is 5.43. The molecule has 1 aromatic heterocycles. The molecule has 1 atom stereocenters. The van der Waals surface area contributed by atoms with Gasteiger partial charge in [-0.15, -0.1) is 0 Å². The maximum atomic E-state index is 12.1. The number of carbonyl (C=O) groups is 1. The van der Waals surface area contributed by atoms with Crippen molar-refractivity contribution in [3.05, 3.63) is 29.3 Å². The first-order valence-corrected chi connectivity index (χ1v) is 8.68. The van der Waals surface area contributed by atoms with E-state index in [4.69, 9.17) is 16.3 Å². The van der Waals surface area contributed by atoms with Crippen molar-refractivity contribution in [2.75, 3.05) is 25.0 Å². The molecule has 0 saturated carbocycles. The average molecular weight is 350 g/mol. The third-order valence-corrected chi connectivity index (χ3v) is 4.34. The quantitative estimate of drug-likeness (QED) is 0.858. The van der Waals surface area contributed by atoms with Gasteiger partial charge in [-0.2, -0.15) is 0 Å². The molecular weight excluding hydrogens is 326 g/mol. The van der Waals surface area contributed by atoms with E-state index in [1.807, 2.05) is 39.0 Å². The third kappa shape index (κ3) is 4.15. The van der Waals surface area contributed by atoms with Crippen molar-refractivity contribution in [1.82, 2.24) is 9.88 Å². The van der Waals surface area contributed by atoms with Gasteiger partial charge < -0.3 is 19.9 Å². The van der Waals surface area contributed by atoms with E-state index < -0.39 is 5.60 Å².